The van der Waals surface area contributed by atoms with E-state index in [1.807, 2.05) is 0 Å². The minimum atomic E-state index is -4.05. The lowest BCUT2D eigenvalue weighted by atomic mass is 10.2. The van der Waals surface area contributed by atoms with Crippen molar-refractivity contribution in [2.45, 2.75) is 17.7 Å². The van der Waals surface area contributed by atoms with Gasteiger partial charge < -0.3 is 10.1 Å². The van der Waals surface area contributed by atoms with Crippen LogP contribution in [0.5, 0.6) is 0 Å². The summed E-state index contributed by atoms with van der Waals surface area (Å²) in [4.78, 5) is 24.1. The molecule has 1 N–H and O–H groups in total. The van der Waals surface area contributed by atoms with Gasteiger partial charge in [0.2, 0.25) is 15.9 Å². The summed E-state index contributed by atoms with van der Waals surface area (Å²) in [6, 6.07) is 6.54. The maximum atomic E-state index is 14.2. The molecule has 1 aromatic carbocycles. The first-order valence-corrected chi connectivity index (χ1v) is 11.4. The summed E-state index contributed by atoms with van der Waals surface area (Å²) in [5, 5.41) is 2.51. The zero-order valence-electron chi connectivity index (χ0n) is 15.2. The van der Waals surface area contributed by atoms with Crippen molar-refractivity contribution in [3.05, 3.63) is 45.4 Å². The van der Waals surface area contributed by atoms with Gasteiger partial charge in [-0.05, 0) is 30.3 Å². The largest absolute Gasteiger partial charge is 0.379 e. The van der Waals surface area contributed by atoms with Gasteiger partial charge in [0, 0.05) is 31.6 Å². The normalized spacial score (nSPS) is 15.2. The molecule has 156 valence electrons. The minimum absolute atomic E-state index is 0.0250. The second-order valence-corrected chi connectivity index (χ2v) is 9.86. The summed E-state index contributed by atoms with van der Waals surface area (Å²) in [5.74, 6) is -1.60. The molecule has 3 rings (SSSR count). The Labute approximate surface area is 176 Å². The van der Waals surface area contributed by atoms with Crippen LogP contribution in [0.25, 0.3) is 0 Å². The highest BCUT2D eigenvalue weighted by molar-refractivity contribution is 7.89. The predicted molar refractivity (Wildman–Crippen MR) is 108 cm³/mol. The van der Waals surface area contributed by atoms with Crippen LogP contribution in [0.3, 0.4) is 0 Å². The van der Waals surface area contributed by atoms with E-state index in [0.29, 0.717) is 9.21 Å². The molecule has 2 aromatic rings. The van der Waals surface area contributed by atoms with E-state index >= 15 is 0 Å². The van der Waals surface area contributed by atoms with E-state index in [1.165, 1.54) is 6.07 Å². The molecule has 7 nitrogen and oxygen atoms in total. The van der Waals surface area contributed by atoms with Gasteiger partial charge in [0.1, 0.15) is 10.7 Å². The average molecular weight is 461 g/mol. The highest BCUT2D eigenvalue weighted by atomic mass is 35.5. The molecule has 0 spiro atoms. The smallest absolute Gasteiger partial charge is 0.246 e. The van der Waals surface area contributed by atoms with Crippen molar-refractivity contribution in [1.82, 2.24) is 4.31 Å². The van der Waals surface area contributed by atoms with Crippen molar-refractivity contribution in [2.24, 2.45) is 0 Å². The molecule has 1 aromatic heterocycles. The molecule has 0 radical (unpaired) electrons. The third-order valence-electron chi connectivity index (χ3n) is 4.23. The molecule has 0 bridgehead atoms. The van der Waals surface area contributed by atoms with Crippen molar-refractivity contribution in [2.75, 3.05) is 31.6 Å². The Morgan fingerprint density at radius 3 is 2.55 bits per heavy atom. The Hall–Kier alpha value is -1.85. The lowest BCUT2D eigenvalue weighted by Crippen LogP contribution is -2.40. The molecule has 0 unspecified atom stereocenters. The van der Waals surface area contributed by atoms with Crippen LogP contribution in [-0.4, -0.2) is 50.7 Å². The molecular weight excluding hydrogens is 443 g/mol. The number of amides is 1. The summed E-state index contributed by atoms with van der Waals surface area (Å²) >= 11 is 6.93. The standard InChI is InChI=1S/C18H18ClFN2O5S2/c19-17-5-4-15(28-17)14(23)3-6-18(24)21-12-1-2-13(20)16(11-12)29(25,26)22-7-9-27-10-8-22/h1-2,4-5,11H,3,6-10H2,(H,21,24). The van der Waals surface area contributed by atoms with E-state index in [0.717, 1.165) is 27.8 Å². The third-order valence-corrected chi connectivity index (χ3v) is 7.42. The van der Waals surface area contributed by atoms with Gasteiger partial charge in [-0.15, -0.1) is 11.3 Å². The number of anilines is 1. The van der Waals surface area contributed by atoms with Crippen molar-refractivity contribution >= 4 is 50.3 Å². The number of halogens is 2. The number of benzene rings is 1. The molecule has 1 fully saturated rings. The second-order valence-electron chi connectivity index (χ2n) is 6.24. The van der Waals surface area contributed by atoms with Crippen LogP contribution >= 0.6 is 22.9 Å². The number of ether oxygens (including phenoxy) is 1. The van der Waals surface area contributed by atoms with E-state index in [2.05, 4.69) is 5.32 Å². The van der Waals surface area contributed by atoms with E-state index < -0.39 is 26.6 Å². The number of Topliss-reactive ketones (excluding diaryl/α,β-unsaturated/α-hetero) is 1. The molecule has 0 aliphatic carbocycles. The number of hydrogen-bond donors (Lipinski definition) is 1. The van der Waals surface area contributed by atoms with Gasteiger partial charge >= 0.3 is 0 Å². The van der Waals surface area contributed by atoms with Crippen LogP contribution in [0.4, 0.5) is 10.1 Å². The second kappa shape index (κ2) is 9.31. The topological polar surface area (TPSA) is 92.8 Å². The van der Waals surface area contributed by atoms with Crippen molar-refractivity contribution in [1.29, 1.82) is 0 Å². The van der Waals surface area contributed by atoms with Crippen LogP contribution in [0.1, 0.15) is 22.5 Å². The number of thiophene rings is 1. The molecule has 1 aliphatic heterocycles. The Morgan fingerprint density at radius 1 is 1.17 bits per heavy atom. The number of hydrogen-bond acceptors (Lipinski definition) is 6. The Balaban J connectivity index is 1.66. The fraction of sp³-hybridized carbons (Fsp3) is 0.333. The minimum Gasteiger partial charge on any atom is -0.379 e. The zero-order valence-corrected chi connectivity index (χ0v) is 17.6. The number of rotatable bonds is 7. The first-order valence-electron chi connectivity index (χ1n) is 8.73. The maximum Gasteiger partial charge on any atom is 0.246 e. The molecule has 0 saturated carbocycles. The summed E-state index contributed by atoms with van der Waals surface area (Å²) in [7, 11) is -4.05. The molecule has 2 heterocycles. The predicted octanol–water partition coefficient (Wildman–Crippen LogP) is 3.16. The summed E-state index contributed by atoms with van der Waals surface area (Å²) < 4.78 is 46.3. The summed E-state index contributed by atoms with van der Waals surface area (Å²) in [6.07, 6.45) is -0.125. The number of carbonyl (C=O) groups excluding carboxylic acids is 2. The maximum absolute atomic E-state index is 14.2. The van der Waals surface area contributed by atoms with Crippen LogP contribution in [-0.2, 0) is 19.6 Å². The van der Waals surface area contributed by atoms with Crippen LogP contribution in [0.15, 0.2) is 35.2 Å². The molecule has 1 aliphatic rings. The van der Waals surface area contributed by atoms with Crippen LogP contribution in [0, 0.1) is 5.82 Å². The lowest BCUT2D eigenvalue weighted by Gasteiger charge is -2.26. The fourth-order valence-electron chi connectivity index (χ4n) is 2.74. The number of nitrogens with zero attached hydrogens (tertiary/aromatic N) is 1. The number of ketones is 1. The first-order chi connectivity index (χ1) is 13.8. The number of morpholine rings is 1. The van der Waals surface area contributed by atoms with E-state index in [4.69, 9.17) is 16.3 Å². The van der Waals surface area contributed by atoms with Crippen molar-refractivity contribution in [3.8, 4) is 0 Å². The van der Waals surface area contributed by atoms with Gasteiger partial charge in [-0.3, -0.25) is 9.59 Å². The van der Waals surface area contributed by atoms with E-state index in [-0.39, 0.29) is 50.6 Å². The monoisotopic (exact) mass is 460 g/mol. The first kappa shape index (κ1) is 21.8. The van der Waals surface area contributed by atoms with Crippen molar-refractivity contribution in [3.63, 3.8) is 0 Å². The van der Waals surface area contributed by atoms with Crippen LogP contribution in [0.2, 0.25) is 4.34 Å². The Kier molecular flexibility index (Phi) is 7.01. The van der Waals surface area contributed by atoms with Crippen LogP contribution < -0.4 is 5.32 Å². The molecular formula is C18H18ClFN2O5S2. The lowest BCUT2D eigenvalue weighted by molar-refractivity contribution is -0.116. The van der Waals surface area contributed by atoms with Crippen molar-refractivity contribution < 1.29 is 27.1 Å². The third kappa shape index (κ3) is 5.40. The quantitative estimate of drug-likeness (QED) is 0.640. The van der Waals surface area contributed by atoms with Gasteiger partial charge in [0.05, 0.1) is 22.4 Å². The van der Waals surface area contributed by atoms with E-state index in [9.17, 15) is 22.4 Å². The van der Waals surface area contributed by atoms with Gasteiger partial charge in [-0.1, -0.05) is 11.6 Å². The summed E-state index contributed by atoms with van der Waals surface area (Å²) in [5.41, 5.74) is 0.134. The Bertz CT molecular complexity index is 1020. The highest BCUT2D eigenvalue weighted by Gasteiger charge is 2.29. The number of carbonyl (C=O) groups is 2. The molecule has 1 saturated heterocycles. The van der Waals surface area contributed by atoms with Gasteiger partial charge in [-0.2, -0.15) is 4.31 Å². The number of sulfonamides is 1. The zero-order chi connectivity index (χ0) is 21.0. The highest BCUT2D eigenvalue weighted by Crippen LogP contribution is 2.25. The SMILES string of the molecule is O=C(CCC(=O)c1ccc(Cl)s1)Nc1ccc(F)c(S(=O)(=O)N2CCOCC2)c1. The number of nitrogens with one attached hydrogen (secondary N) is 1. The molecule has 11 heteroatoms. The molecule has 0 atom stereocenters. The van der Waals surface area contributed by atoms with Gasteiger partial charge in [0.25, 0.3) is 0 Å². The Morgan fingerprint density at radius 2 is 1.90 bits per heavy atom. The average Bonchev–Trinajstić information content (AvgIpc) is 3.14. The van der Waals surface area contributed by atoms with Gasteiger partial charge in [0.15, 0.2) is 5.78 Å². The fourth-order valence-corrected chi connectivity index (χ4v) is 5.25. The molecule has 1 amide bonds. The molecule has 29 heavy (non-hydrogen) atoms. The summed E-state index contributed by atoms with van der Waals surface area (Å²) in [6.45, 7) is 0.738. The van der Waals surface area contributed by atoms with Gasteiger partial charge in [-0.25, -0.2) is 12.8 Å². The van der Waals surface area contributed by atoms with E-state index in [1.54, 1.807) is 12.1 Å².